The topological polar surface area (TPSA) is 69.6 Å². The summed E-state index contributed by atoms with van der Waals surface area (Å²) >= 11 is 0. The van der Waals surface area contributed by atoms with Crippen molar-refractivity contribution in [2.75, 3.05) is 6.54 Å². The van der Waals surface area contributed by atoms with Crippen LogP contribution >= 0.6 is 0 Å². The molecule has 1 rings (SSSR count). The molecule has 5 heteroatoms. The highest BCUT2D eigenvalue weighted by atomic mass is 16.4. The fraction of sp³-hybridized carbons (Fsp3) is 0.857. The van der Waals surface area contributed by atoms with E-state index in [2.05, 4.69) is 19.2 Å². The Morgan fingerprint density at radius 3 is 2.32 bits per heavy atom. The van der Waals surface area contributed by atoms with Crippen LogP contribution in [0.4, 0.5) is 4.79 Å². The molecule has 3 unspecified atom stereocenters. The Balaban J connectivity index is 2.73. The number of nitrogens with zero attached hydrogens (tertiary/aromatic N) is 1. The smallest absolute Gasteiger partial charge is 0.326 e. The van der Waals surface area contributed by atoms with Crippen LogP contribution in [0.15, 0.2) is 0 Å². The van der Waals surface area contributed by atoms with Crippen LogP contribution in [-0.2, 0) is 4.79 Å². The maximum Gasteiger partial charge on any atom is 0.326 e. The number of aliphatic carboxylic acids is 1. The molecule has 0 radical (unpaired) electrons. The summed E-state index contributed by atoms with van der Waals surface area (Å²) in [5.74, 6) is -0.207. The molecule has 1 aliphatic heterocycles. The van der Waals surface area contributed by atoms with Gasteiger partial charge < -0.3 is 15.3 Å². The van der Waals surface area contributed by atoms with Gasteiger partial charge in [0, 0.05) is 12.6 Å². The first-order valence-corrected chi connectivity index (χ1v) is 7.04. The third-order valence-corrected chi connectivity index (χ3v) is 4.07. The maximum atomic E-state index is 12.3. The van der Waals surface area contributed by atoms with Crippen LogP contribution in [0.2, 0.25) is 0 Å². The minimum atomic E-state index is -0.978. The zero-order valence-corrected chi connectivity index (χ0v) is 12.5. The molecule has 0 aromatic rings. The predicted molar refractivity (Wildman–Crippen MR) is 73.9 cm³/mol. The number of rotatable bonds is 3. The van der Waals surface area contributed by atoms with E-state index in [0.29, 0.717) is 18.4 Å². The zero-order valence-electron chi connectivity index (χ0n) is 12.5. The number of hydrogen-bond acceptors (Lipinski definition) is 2. The molecule has 0 aromatic heterocycles. The highest BCUT2D eigenvalue weighted by Gasteiger charge is 2.34. The normalized spacial score (nSPS) is 29.2. The Labute approximate surface area is 115 Å². The Morgan fingerprint density at radius 2 is 1.84 bits per heavy atom. The summed E-state index contributed by atoms with van der Waals surface area (Å²) in [4.78, 5) is 25.2. The second kappa shape index (κ2) is 6.26. The molecular weight excluding hydrogens is 244 g/mol. The van der Waals surface area contributed by atoms with Crippen LogP contribution < -0.4 is 5.32 Å². The van der Waals surface area contributed by atoms with E-state index in [1.807, 2.05) is 6.92 Å². The lowest BCUT2D eigenvalue weighted by Gasteiger charge is -2.41. The van der Waals surface area contributed by atoms with E-state index in [0.717, 1.165) is 6.42 Å². The van der Waals surface area contributed by atoms with Crippen molar-refractivity contribution in [3.05, 3.63) is 0 Å². The molecule has 110 valence electrons. The summed E-state index contributed by atoms with van der Waals surface area (Å²) in [6.45, 7) is 10.6. The van der Waals surface area contributed by atoms with E-state index < -0.39 is 12.0 Å². The molecule has 0 bridgehead atoms. The van der Waals surface area contributed by atoms with Gasteiger partial charge in [0.05, 0.1) is 0 Å². The van der Waals surface area contributed by atoms with Gasteiger partial charge in [0.1, 0.15) is 6.04 Å². The van der Waals surface area contributed by atoms with Crippen molar-refractivity contribution in [2.45, 2.75) is 53.1 Å². The van der Waals surface area contributed by atoms with Gasteiger partial charge in [-0.25, -0.2) is 9.59 Å². The van der Waals surface area contributed by atoms with Crippen molar-refractivity contribution < 1.29 is 14.7 Å². The number of carboxylic acids is 1. The average molecular weight is 270 g/mol. The average Bonchev–Trinajstić information content (AvgIpc) is 2.29. The molecular formula is C14H26N2O3. The number of piperidine rings is 1. The van der Waals surface area contributed by atoms with Crippen molar-refractivity contribution >= 4 is 12.0 Å². The van der Waals surface area contributed by atoms with E-state index in [4.69, 9.17) is 5.11 Å². The fourth-order valence-corrected chi connectivity index (χ4v) is 2.71. The summed E-state index contributed by atoms with van der Waals surface area (Å²) in [7, 11) is 0. The van der Waals surface area contributed by atoms with Gasteiger partial charge in [0.25, 0.3) is 0 Å². The van der Waals surface area contributed by atoms with Crippen molar-refractivity contribution in [2.24, 2.45) is 17.8 Å². The predicted octanol–water partition coefficient (Wildman–Crippen LogP) is 2.17. The highest BCUT2D eigenvalue weighted by molar-refractivity contribution is 5.83. The number of carbonyl (C=O) groups is 2. The Morgan fingerprint density at radius 1 is 1.26 bits per heavy atom. The summed E-state index contributed by atoms with van der Waals surface area (Å²) in [6, 6.07) is -0.933. The number of amides is 2. The van der Waals surface area contributed by atoms with Gasteiger partial charge in [-0.2, -0.15) is 0 Å². The first kappa shape index (κ1) is 15.8. The summed E-state index contributed by atoms with van der Waals surface area (Å²) in [6.07, 6.45) is 1.11. The van der Waals surface area contributed by atoms with E-state index in [1.54, 1.807) is 18.7 Å². The van der Waals surface area contributed by atoms with E-state index in [9.17, 15) is 9.59 Å². The molecule has 0 spiro atoms. The number of likely N-dealkylation sites (tertiary alicyclic amines) is 1. The van der Waals surface area contributed by atoms with Crippen molar-refractivity contribution in [1.29, 1.82) is 0 Å². The van der Waals surface area contributed by atoms with Crippen LogP contribution in [0.5, 0.6) is 0 Å². The minimum Gasteiger partial charge on any atom is -0.480 e. The van der Waals surface area contributed by atoms with Gasteiger partial charge in [-0.3, -0.25) is 0 Å². The first-order valence-electron chi connectivity index (χ1n) is 7.04. The van der Waals surface area contributed by atoms with Crippen LogP contribution in [0, 0.1) is 17.8 Å². The van der Waals surface area contributed by atoms with Crippen LogP contribution in [-0.4, -0.2) is 40.6 Å². The molecule has 0 aliphatic carbocycles. The van der Waals surface area contributed by atoms with Gasteiger partial charge in [-0.05, 0) is 31.1 Å². The zero-order chi connectivity index (χ0) is 14.7. The van der Waals surface area contributed by atoms with Gasteiger partial charge >= 0.3 is 12.0 Å². The fourth-order valence-electron chi connectivity index (χ4n) is 2.71. The lowest BCUT2D eigenvalue weighted by atomic mass is 9.86. The van der Waals surface area contributed by atoms with Crippen molar-refractivity contribution in [1.82, 2.24) is 10.2 Å². The standard InChI is InChI=1S/C14H26N2O3/c1-8(2)12(13(17)18)15-14(19)16-7-9(3)6-10(4)11(16)5/h8-12H,6-7H2,1-5H3,(H,15,19)(H,17,18)/t9?,10?,11?,12-/m0/s1. The monoisotopic (exact) mass is 270 g/mol. The number of urea groups is 1. The molecule has 19 heavy (non-hydrogen) atoms. The number of carboxylic acid groups (broad SMARTS) is 1. The van der Waals surface area contributed by atoms with Crippen LogP contribution in [0.1, 0.15) is 41.0 Å². The van der Waals surface area contributed by atoms with E-state index in [1.165, 1.54) is 0 Å². The summed E-state index contributed by atoms with van der Waals surface area (Å²) in [5, 5.41) is 11.8. The van der Waals surface area contributed by atoms with E-state index >= 15 is 0 Å². The van der Waals surface area contributed by atoms with E-state index in [-0.39, 0.29) is 18.0 Å². The molecule has 2 N–H and O–H groups in total. The molecule has 2 amide bonds. The summed E-state index contributed by atoms with van der Waals surface area (Å²) < 4.78 is 0. The Hall–Kier alpha value is -1.26. The second-order valence-corrected chi connectivity index (χ2v) is 6.22. The van der Waals surface area contributed by atoms with Gasteiger partial charge in [-0.15, -0.1) is 0 Å². The number of carbonyl (C=O) groups excluding carboxylic acids is 1. The van der Waals surface area contributed by atoms with Gasteiger partial charge in [-0.1, -0.05) is 27.7 Å². The van der Waals surface area contributed by atoms with Gasteiger partial charge in [0.2, 0.25) is 0 Å². The first-order chi connectivity index (χ1) is 8.73. The molecule has 0 saturated carbocycles. The van der Waals surface area contributed by atoms with Crippen molar-refractivity contribution in [3.63, 3.8) is 0 Å². The molecule has 5 nitrogen and oxygen atoms in total. The van der Waals surface area contributed by atoms with Gasteiger partial charge in [0.15, 0.2) is 0 Å². The molecule has 0 aromatic carbocycles. The molecule has 1 fully saturated rings. The van der Waals surface area contributed by atoms with Crippen LogP contribution in [0.25, 0.3) is 0 Å². The van der Waals surface area contributed by atoms with Crippen molar-refractivity contribution in [3.8, 4) is 0 Å². The third-order valence-electron chi connectivity index (χ3n) is 4.07. The Kier molecular flexibility index (Phi) is 5.20. The second-order valence-electron chi connectivity index (χ2n) is 6.22. The SMILES string of the molecule is CC1CC(C)C(C)N(C(=O)N[C@H](C(=O)O)C(C)C)C1. The number of nitrogens with one attached hydrogen (secondary N) is 1. The lowest BCUT2D eigenvalue weighted by Crippen LogP contribution is -2.56. The summed E-state index contributed by atoms with van der Waals surface area (Å²) in [5.41, 5.74) is 0. The number of hydrogen-bond donors (Lipinski definition) is 2. The molecule has 1 aliphatic rings. The van der Waals surface area contributed by atoms with Crippen LogP contribution in [0.3, 0.4) is 0 Å². The largest absolute Gasteiger partial charge is 0.480 e. The Bertz CT molecular complexity index is 344. The minimum absolute atomic E-state index is 0.128. The third kappa shape index (κ3) is 3.85. The molecule has 1 heterocycles. The maximum absolute atomic E-state index is 12.3. The molecule has 1 saturated heterocycles. The lowest BCUT2D eigenvalue weighted by molar-refractivity contribution is -0.140. The quantitative estimate of drug-likeness (QED) is 0.825. The highest BCUT2D eigenvalue weighted by Crippen LogP contribution is 2.26. The molecule has 4 atom stereocenters.